The van der Waals surface area contributed by atoms with E-state index in [9.17, 15) is 0 Å². The van der Waals surface area contributed by atoms with Gasteiger partial charge < -0.3 is 0 Å². The molecular weight excluding hydrogens is 584 g/mol. The van der Waals surface area contributed by atoms with E-state index in [0.717, 1.165) is 17.9 Å². The van der Waals surface area contributed by atoms with Crippen LogP contribution < -0.4 is 0 Å². The van der Waals surface area contributed by atoms with E-state index in [1.54, 1.807) is 0 Å². The van der Waals surface area contributed by atoms with Crippen molar-refractivity contribution in [3.8, 4) is 11.1 Å². The molecule has 2 rings (SSSR count). The molecule has 0 saturated heterocycles. The summed E-state index contributed by atoms with van der Waals surface area (Å²) in [5, 5.41) is 0. The van der Waals surface area contributed by atoms with Gasteiger partial charge in [-0.2, -0.15) is 0 Å². The van der Waals surface area contributed by atoms with Gasteiger partial charge >= 0.3 is 0 Å². The fourth-order valence-electron chi connectivity index (χ4n) is 3.88. The second-order valence-electron chi connectivity index (χ2n) is 8.29. The summed E-state index contributed by atoms with van der Waals surface area (Å²) in [4.78, 5) is 0. The van der Waals surface area contributed by atoms with Crippen LogP contribution in [-0.4, -0.2) is 0 Å². The average Bonchev–Trinajstić information content (AvgIpc) is 2.50. The van der Waals surface area contributed by atoms with Crippen molar-refractivity contribution in [2.45, 2.75) is 66.7 Å². The van der Waals surface area contributed by atoms with E-state index in [0.29, 0.717) is 5.92 Å². The molecule has 0 heterocycles. The first-order valence-electron chi connectivity index (χ1n) is 8.78. The molecule has 26 heavy (non-hydrogen) atoms. The molecule has 0 aliphatic rings. The molecule has 4 heteroatoms. The summed E-state index contributed by atoms with van der Waals surface area (Å²) in [7, 11) is 0. The Labute approximate surface area is 192 Å². The van der Waals surface area contributed by atoms with E-state index in [2.05, 4.69) is 125 Å². The van der Waals surface area contributed by atoms with E-state index < -0.39 is 0 Å². The topological polar surface area (TPSA) is 0 Å². The van der Waals surface area contributed by atoms with Crippen LogP contribution in [0.1, 0.15) is 68.4 Å². The van der Waals surface area contributed by atoms with Gasteiger partial charge in [0.1, 0.15) is 0 Å². The molecule has 0 aliphatic carbocycles. The van der Waals surface area contributed by atoms with Crippen LogP contribution in [0.2, 0.25) is 0 Å². The van der Waals surface area contributed by atoms with Crippen LogP contribution in [0, 0.1) is 20.8 Å². The van der Waals surface area contributed by atoms with Gasteiger partial charge in [0.05, 0.1) is 0 Å². The van der Waals surface area contributed by atoms with E-state index in [1.165, 1.54) is 38.9 Å². The first-order chi connectivity index (χ1) is 11.8. The van der Waals surface area contributed by atoms with Gasteiger partial charge in [0.2, 0.25) is 0 Å². The smallest absolute Gasteiger partial charge is 0.0298 e. The Bertz CT molecular complexity index is 842. The van der Waals surface area contributed by atoms with Crippen LogP contribution in [0.5, 0.6) is 0 Å². The van der Waals surface area contributed by atoms with Crippen LogP contribution in [0.15, 0.2) is 24.0 Å². The SMILES string of the molecule is Cc1c(C(C)C)cc(Br)c(-c2c(Br)c(C)c(C(C)(C)C)c(C)c2Br)c1Br. The Morgan fingerprint density at radius 2 is 1.15 bits per heavy atom. The van der Waals surface area contributed by atoms with Gasteiger partial charge in [-0.25, -0.2) is 0 Å². The molecule has 0 unspecified atom stereocenters. The highest BCUT2D eigenvalue weighted by atomic mass is 79.9. The Morgan fingerprint density at radius 3 is 1.54 bits per heavy atom. The van der Waals surface area contributed by atoms with Gasteiger partial charge in [-0.3, -0.25) is 0 Å². The van der Waals surface area contributed by atoms with Crippen LogP contribution in [0.25, 0.3) is 11.1 Å². The quantitative estimate of drug-likeness (QED) is 0.318. The average molecular weight is 610 g/mol. The first kappa shape index (κ1) is 22.6. The third-order valence-electron chi connectivity index (χ3n) is 4.97. The highest BCUT2D eigenvalue weighted by Crippen LogP contribution is 2.50. The molecule has 0 amide bonds. The largest absolute Gasteiger partial charge is 0.0587 e. The van der Waals surface area contributed by atoms with Crippen molar-refractivity contribution in [2.24, 2.45) is 0 Å². The fraction of sp³-hybridized carbons (Fsp3) is 0.455. The minimum Gasteiger partial charge on any atom is -0.0587 e. The molecule has 2 aromatic carbocycles. The summed E-state index contributed by atoms with van der Waals surface area (Å²) in [6, 6.07) is 2.27. The summed E-state index contributed by atoms with van der Waals surface area (Å²) in [6.07, 6.45) is 0. The van der Waals surface area contributed by atoms with Crippen molar-refractivity contribution in [1.29, 1.82) is 0 Å². The zero-order valence-corrected chi connectivity index (χ0v) is 23.0. The number of hydrogen-bond acceptors (Lipinski definition) is 0. The van der Waals surface area contributed by atoms with Crippen molar-refractivity contribution in [1.82, 2.24) is 0 Å². The lowest BCUT2D eigenvalue weighted by Gasteiger charge is -2.29. The normalized spacial score (nSPS) is 12.2. The molecule has 0 radical (unpaired) electrons. The van der Waals surface area contributed by atoms with Gasteiger partial charge in [0.15, 0.2) is 0 Å². The lowest BCUT2D eigenvalue weighted by Crippen LogP contribution is -2.16. The Kier molecular flexibility index (Phi) is 6.97. The van der Waals surface area contributed by atoms with E-state index >= 15 is 0 Å². The fourth-order valence-corrected chi connectivity index (χ4v) is 6.89. The Balaban J connectivity index is 2.94. The lowest BCUT2D eigenvalue weighted by molar-refractivity contribution is 0.581. The number of benzene rings is 2. The summed E-state index contributed by atoms with van der Waals surface area (Å²) in [6.45, 7) is 17.9. The minimum atomic E-state index is 0.0869. The molecule has 0 saturated carbocycles. The summed E-state index contributed by atoms with van der Waals surface area (Å²) < 4.78 is 4.57. The lowest BCUT2D eigenvalue weighted by atomic mass is 9.80. The monoisotopic (exact) mass is 606 g/mol. The standard InChI is InChI=1S/C22H26Br4/c1-10(2)14-9-15(23)16(19(24)11(14)3)17-20(25)12(4)18(22(6,7)8)13(5)21(17)26/h9-10H,1-8H3. The van der Waals surface area contributed by atoms with Gasteiger partial charge in [-0.05, 0) is 114 Å². The predicted octanol–water partition coefficient (Wildman–Crippen LogP) is 9.75. The van der Waals surface area contributed by atoms with Gasteiger partial charge in [0, 0.05) is 29.0 Å². The molecule has 142 valence electrons. The van der Waals surface area contributed by atoms with Crippen LogP contribution >= 0.6 is 63.7 Å². The summed E-state index contributed by atoms with van der Waals surface area (Å²) in [5.74, 6) is 0.482. The van der Waals surface area contributed by atoms with Crippen molar-refractivity contribution in [3.05, 3.63) is 51.8 Å². The number of halogens is 4. The predicted molar refractivity (Wildman–Crippen MR) is 130 cm³/mol. The number of hydrogen-bond donors (Lipinski definition) is 0. The molecule has 0 aromatic heterocycles. The molecule has 0 aliphatic heterocycles. The van der Waals surface area contributed by atoms with E-state index in [4.69, 9.17) is 0 Å². The molecule has 0 spiro atoms. The highest BCUT2D eigenvalue weighted by molar-refractivity contribution is 9.11. The van der Waals surface area contributed by atoms with Crippen LogP contribution in [0.4, 0.5) is 0 Å². The Hall–Kier alpha value is 0.360. The van der Waals surface area contributed by atoms with Crippen LogP contribution in [-0.2, 0) is 5.41 Å². The van der Waals surface area contributed by atoms with E-state index in [1.807, 2.05) is 0 Å². The molecule has 0 N–H and O–H groups in total. The van der Waals surface area contributed by atoms with Crippen LogP contribution in [0.3, 0.4) is 0 Å². The van der Waals surface area contributed by atoms with Gasteiger partial charge in [-0.15, -0.1) is 0 Å². The minimum absolute atomic E-state index is 0.0869. The Morgan fingerprint density at radius 1 is 0.731 bits per heavy atom. The maximum atomic E-state index is 3.91. The summed E-state index contributed by atoms with van der Waals surface area (Å²) in [5.41, 5.74) is 9.14. The molecule has 2 aromatic rings. The second kappa shape index (κ2) is 8.00. The third kappa shape index (κ3) is 3.90. The van der Waals surface area contributed by atoms with Gasteiger partial charge in [-0.1, -0.05) is 50.5 Å². The molecular formula is C22H26Br4. The molecule has 0 nitrogen and oxygen atoms in total. The molecule has 0 fully saturated rings. The zero-order chi connectivity index (χ0) is 20.1. The van der Waals surface area contributed by atoms with Crippen molar-refractivity contribution >= 4 is 63.7 Å². The zero-order valence-electron chi connectivity index (χ0n) is 16.7. The van der Waals surface area contributed by atoms with Gasteiger partial charge in [0.25, 0.3) is 0 Å². The number of rotatable bonds is 2. The first-order valence-corrected chi connectivity index (χ1v) is 11.9. The molecule has 0 atom stereocenters. The molecule has 0 bridgehead atoms. The third-order valence-corrected chi connectivity index (χ3v) is 8.57. The summed E-state index contributed by atoms with van der Waals surface area (Å²) >= 11 is 15.6. The maximum absolute atomic E-state index is 3.91. The van der Waals surface area contributed by atoms with Crippen molar-refractivity contribution < 1.29 is 0 Å². The van der Waals surface area contributed by atoms with Crippen molar-refractivity contribution in [3.63, 3.8) is 0 Å². The van der Waals surface area contributed by atoms with Crippen molar-refractivity contribution in [2.75, 3.05) is 0 Å². The highest BCUT2D eigenvalue weighted by Gasteiger charge is 2.27. The van der Waals surface area contributed by atoms with E-state index in [-0.39, 0.29) is 5.41 Å². The maximum Gasteiger partial charge on any atom is 0.0298 e. The second-order valence-corrected chi connectivity index (χ2v) is 11.5.